The van der Waals surface area contributed by atoms with Crippen LogP contribution in [0.25, 0.3) is 17.2 Å². The minimum absolute atomic E-state index is 0.424. The summed E-state index contributed by atoms with van der Waals surface area (Å²) in [6, 6.07) is 25.0. The minimum atomic E-state index is 0.424. The van der Waals surface area contributed by atoms with Crippen molar-refractivity contribution in [1.29, 1.82) is 10.7 Å². The number of nitrogen functional groups attached to an aromatic ring is 1. The second kappa shape index (κ2) is 10.2. The summed E-state index contributed by atoms with van der Waals surface area (Å²) in [5.41, 5.74) is 15.0. The van der Waals surface area contributed by atoms with Gasteiger partial charge in [-0.25, -0.2) is 0 Å². The predicted molar refractivity (Wildman–Crippen MR) is 143 cm³/mol. The smallest absolute Gasteiger partial charge is 0.101 e. The molecule has 1 aliphatic carbocycles. The number of nitrogens with one attached hydrogen (secondary N) is 1. The number of nitrogens with zero attached hydrogens (tertiary/aromatic N) is 1. The number of hydrogen-bond acceptors (Lipinski definition) is 3. The van der Waals surface area contributed by atoms with E-state index >= 15 is 0 Å². The van der Waals surface area contributed by atoms with Gasteiger partial charge in [-0.3, -0.25) is 0 Å². The Labute approximate surface area is 202 Å². The van der Waals surface area contributed by atoms with E-state index in [2.05, 4.69) is 67.3 Å². The molecule has 3 aromatic carbocycles. The van der Waals surface area contributed by atoms with E-state index in [9.17, 15) is 5.26 Å². The first-order chi connectivity index (χ1) is 16.5. The summed E-state index contributed by atoms with van der Waals surface area (Å²) in [5, 5.41) is 18.0. The largest absolute Gasteiger partial charge is 0.398 e. The van der Waals surface area contributed by atoms with Gasteiger partial charge in [0.05, 0.1) is 5.56 Å². The van der Waals surface area contributed by atoms with E-state index in [4.69, 9.17) is 11.1 Å². The fraction of sp³-hybridized carbons (Fsp3) is 0.161. The lowest BCUT2D eigenvalue weighted by atomic mass is 9.72. The zero-order chi connectivity index (χ0) is 24.1. The lowest BCUT2D eigenvalue weighted by Crippen LogP contribution is -2.15. The molecule has 0 radical (unpaired) electrons. The number of benzene rings is 3. The molecule has 3 aromatic rings. The molecule has 0 heterocycles. The average Bonchev–Trinajstić information content (AvgIpc) is 2.82. The van der Waals surface area contributed by atoms with Gasteiger partial charge in [0.25, 0.3) is 0 Å². The molecule has 0 spiro atoms. The van der Waals surface area contributed by atoms with Gasteiger partial charge >= 0.3 is 0 Å². The van der Waals surface area contributed by atoms with E-state index in [0.717, 1.165) is 40.7 Å². The average molecular weight is 444 g/mol. The van der Waals surface area contributed by atoms with Crippen LogP contribution in [0.4, 0.5) is 5.69 Å². The van der Waals surface area contributed by atoms with Crippen molar-refractivity contribution in [3.63, 3.8) is 0 Å². The highest BCUT2D eigenvalue weighted by molar-refractivity contribution is 6.03. The Morgan fingerprint density at radius 1 is 1.03 bits per heavy atom. The number of nitrogens with two attached hydrogens (primary N) is 1. The van der Waals surface area contributed by atoms with Crippen LogP contribution in [0.2, 0.25) is 0 Å². The lowest BCUT2D eigenvalue weighted by Gasteiger charge is -2.32. The van der Waals surface area contributed by atoms with Crippen LogP contribution in [0, 0.1) is 22.7 Å². The van der Waals surface area contributed by atoms with E-state index in [1.807, 2.05) is 31.2 Å². The van der Waals surface area contributed by atoms with Gasteiger partial charge in [-0.2, -0.15) is 5.26 Å². The quantitative estimate of drug-likeness (QED) is 0.172. The molecule has 1 fully saturated rings. The lowest BCUT2D eigenvalue weighted by molar-refractivity contribution is 0.401. The van der Waals surface area contributed by atoms with Crippen LogP contribution in [0.5, 0.6) is 0 Å². The summed E-state index contributed by atoms with van der Waals surface area (Å²) < 4.78 is 0. The summed E-state index contributed by atoms with van der Waals surface area (Å²) in [6.07, 6.45) is 8.70. The zero-order valence-corrected chi connectivity index (χ0v) is 19.5. The molecule has 0 aromatic heterocycles. The minimum Gasteiger partial charge on any atom is -0.398 e. The third-order valence-electron chi connectivity index (χ3n) is 6.43. The van der Waals surface area contributed by atoms with Crippen molar-refractivity contribution in [3.8, 4) is 6.07 Å². The van der Waals surface area contributed by atoms with Gasteiger partial charge in [-0.15, -0.1) is 0 Å². The predicted octanol–water partition coefficient (Wildman–Crippen LogP) is 7.49. The molecule has 0 saturated heterocycles. The maximum Gasteiger partial charge on any atom is 0.101 e. The van der Waals surface area contributed by atoms with Crippen LogP contribution in [-0.2, 0) is 0 Å². The third-order valence-corrected chi connectivity index (χ3v) is 6.43. The van der Waals surface area contributed by atoms with Crippen LogP contribution < -0.4 is 5.73 Å². The first kappa shape index (κ1) is 23.0. The summed E-state index contributed by atoms with van der Waals surface area (Å²) >= 11 is 0. The molecule has 34 heavy (non-hydrogen) atoms. The van der Waals surface area contributed by atoms with E-state index in [1.165, 1.54) is 23.8 Å². The topological polar surface area (TPSA) is 73.7 Å². The van der Waals surface area contributed by atoms with Crippen LogP contribution >= 0.6 is 0 Å². The summed E-state index contributed by atoms with van der Waals surface area (Å²) in [6.45, 7) is 5.91. The molecule has 1 saturated carbocycles. The highest BCUT2D eigenvalue weighted by Crippen LogP contribution is 2.46. The van der Waals surface area contributed by atoms with Crippen LogP contribution in [0.1, 0.15) is 59.6 Å². The normalized spacial score (nSPS) is 14.2. The first-order valence-electron chi connectivity index (χ1n) is 11.6. The highest BCUT2D eigenvalue weighted by Gasteiger charge is 2.28. The summed E-state index contributed by atoms with van der Waals surface area (Å²) in [5.74, 6) is 0.424. The van der Waals surface area contributed by atoms with Gasteiger partial charge < -0.3 is 11.1 Å². The van der Waals surface area contributed by atoms with Gasteiger partial charge in [0.15, 0.2) is 0 Å². The van der Waals surface area contributed by atoms with E-state index < -0.39 is 0 Å². The highest BCUT2D eigenvalue weighted by atomic mass is 14.6. The van der Waals surface area contributed by atoms with E-state index in [0.29, 0.717) is 22.7 Å². The molecule has 168 valence electrons. The molecule has 0 bridgehead atoms. The van der Waals surface area contributed by atoms with Gasteiger partial charge in [-0.1, -0.05) is 91.4 Å². The van der Waals surface area contributed by atoms with Crippen LogP contribution in [0.3, 0.4) is 0 Å². The van der Waals surface area contributed by atoms with Gasteiger partial charge in [-0.05, 0) is 59.6 Å². The maximum atomic E-state index is 10.1. The van der Waals surface area contributed by atoms with Gasteiger partial charge in [0.2, 0.25) is 0 Å². The maximum absolute atomic E-state index is 10.1. The Kier molecular flexibility index (Phi) is 6.90. The molecule has 3 nitrogen and oxygen atoms in total. The molecule has 0 unspecified atom stereocenters. The molecule has 1 aliphatic rings. The van der Waals surface area contributed by atoms with E-state index in [-0.39, 0.29) is 0 Å². The summed E-state index contributed by atoms with van der Waals surface area (Å²) in [4.78, 5) is 0. The van der Waals surface area contributed by atoms with Crippen LogP contribution in [-0.4, -0.2) is 6.21 Å². The zero-order valence-electron chi connectivity index (χ0n) is 19.5. The van der Waals surface area contributed by atoms with Crippen molar-refractivity contribution in [2.45, 2.75) is 26.2 Å². The van der Waals surface area contributed by atoms with Crippen molar-refractivity contribution in [2.24, 2.45) is 5.92 Å². The molecular formula is C31H29N3. The molecular weight excluding hydrogens is 414 g/mol. The summed E-state index contributed by atoms with van der Waals surface area (Å²) in [7, 11) is 0. The Bertz CT molecular complexity index is 1320. The molecule has 0 aliphatic heterocycles. The number of hydrogen-bond donors (Lipinski definition) is 2. The third kappa shape index (κ3) is 4.63. The molecule has 3 heteroatoms. The van der Waals surface area contributed by atoms with Crippen LogP contribution in [0.15, 0.2) is 85.0 Å². The Hall–Kier alpha value is -4.16. The Morgan fingerprint density at radius 3 is 2.29 bits per heavy atom. The monoisotopic (exact) mass is 443 g/mol. The molecule has 3 N–H and O–H groups in total. The molecule has 4 rings (SSSR count). The number of rotatable bonds is 7. The van der Waals surface area contributed by atoms with Crippen molar-refractivity contribution < 1.29 is 0 Å². The van der Waals surface area contributed by atoms with Crippen molar-refractivity contribution in [1.82, 2.24) is 0 Å². The molecule has 0 amide bonds. The molecule has 0 atom stereocenters. The number of allylic oxidation sites excluding steroid dienone is 3. The number of nitriles is 1. The van der Waals surface area contributed by atoms with Gasteiger partial charge in [0, 0.05) is 23.0 Å². The Morgan fingerprint density at radius 2 is 1.74 bits per heavy atom. The van der Waals surface area contributed by atoms with Crippen molar-refractivity contribution in [3.05, 3.63) is 118 Å². The van der Waals surface area contributed by atoms with Gasteiger partial charge in [0.1, 0.15) is 6.07 Å². The first-order valence-corrected chi connectivity index (χ1v) is 11.6. The Balaban J connectivity index is 2.02. The van der Waals surface area contributed by atoms with Crippen molar-refractivity contribution >= 4 is 29.1 Å². The van der Waals surface area contributed by atoms with E-state index in [1.54, 1.807) is 0 Å². The second-order valence-corrected chi connectivity index (χ2v) is 8.83. The number of anilines is 1. The fourth-order valence-electron chi connectivity index (χ4n) is 4.47. The fourth-order valence-corrected chi connectivity index (χ4v) is 4.47. The second-order valence-electron chi connectivity index (χ2n) is 8.83. The van der Waals surface area contributed by atoms with Crippen molar-refractivity contribution in [2.75, 3.05) is 5.73 Å². The standard InChI is InChI=1S/C31H29N3/c1-21(2)11-12-22-13-15-25(16-14-22)31(26-17-18-29(34)28(20-33)27(26)19-32)30(24-9-6-10-24)23-7-4-3-5-8-23/h3-5,7-8,11-18,20,24,33H,1,6,9-10,34H2,2H3/b12-11+,31-30-,33-20?. The SMILES string of the molecule is C=C(C)/C=C/c1ccc(/C(=C(\c2ccccc2)C2CCC2)c2ccc(N)c(C=N)c2C#N)cc1.